The number of hydrogen-bond acceptors (Lipinski definition) is 6. The Bertz CT molecular complexity index is 970. The molecule has 0 saturated heterocycles. The number of carbonyl (C=O) groups excluding carboxylic acids is 3. The van der Waals surface area contributed by atoms with Crippen molar-refractivity contribution >= 4 is 29.3 Å². The number of nitrogens with zero attached hydrogens (tertiary/aromatic N) is 1. The third-order valence-electron chi connectivity index (χ3n) is 4.17. The molecule has 9 heteroatoms. The van der Waals surface area contributed by atoms with Crippen LogP contribution in [0, 0.1) is 0 Å². The predicted octanol–water partition coefficient (Wildman–Crippen LogP) is 3.76. The Morgan fingerprint density at radius 1 is 0.906 bits per heavy atom. The molecule has 3 amide bonds. The van der Waals surface area contributed by atoms with Gasteiger partial charge in [-0.05, 0) is 32.9 Å². The number of likely N-dealkylation sites (N-methyl/N-ethyl adjacent to an activating group) is 1. The number of benzene rings is 2. The van der Waals surface area contributed by atoms with E-state index in [1.165, 1.54) is 32.2 Å². The van der Waals surface area contributed by atoms with Gasteiger partial charge in [-0.25, -0.2) is 4.79 Å². The molecule has 0 aliphatic carbocycles. The normalized spacial score (nSPS) is 10.7. The van der Waals surface area contributed by atoms with Crippen molar-refractivity contribution in [1.82, 2.24) is 4.90 Å². The van der Waals surface area contributed by atoms with Crippen molar-refractivity contribution < 1.29 is 28.6 Å². The van der Waals surface area contributed by atoms with Crippen LogP contribution >= 0.6 is 0 Å². The lowest BCUT2D eigenvalue weighted by Crippen LogP contribution is -2.38. The summed E-state index contributed by atoms with van der Waals surface area (Å²) in [7, 11) is 4.35. The molecule has 0 aromatic heterocycles. The Morgan fingerprint density at radius 2 is 1.44 bits per heavy atom. The summed E-state index contributed by atoms with van der Waals surface area (Å²) in [6.07, 6.45) is -0.615. The van der Waals surface area contributed by atoms with E-state index < -0.39 is 17.6 Å². The standard InChI is InChI=1S/C23H29N3O6/c1-23(2,3)32-22(29)26(4)14-20(27)24-16-12-19(31-6)17(13-18(16)30-5)25-21(28)15-10-8-7-9-11-15/h7-13H,14H2,1-6H3,(H,24,27)(H,25,28). The fraction of sp³-hybridized carbons (Fsp3) is 0.348. The first-order valence-corrected chi connectivity index (χ1v) is 9.90. The van der Waals surface area contributed by atoms with Gasteiger partial charge < -0.3 is 29.7 Å². The number of rotatable bonds is 7. The van der Waals surface area contributed by atoms with Crippen molar-refractivity contribution in [1.29, 1.82) is 0 Å². The first-order valence-electron chi connectivity index (χ1n) is 9.90. The van der Waals surface area contributed by atoms with E-state index in [1.54, 1.807) is 51.1 Å². The molecule has 0 bridgehead atoms. The fourth-order valence-corrected chi connectivity index (χ4v) is 2.69. The third kappa shape index (κ3) is 6.90. The summed E-state index contributed by atoms with van der Waals surface area (Å²) in [5, 5.41) is 5.47. The van der Waals surface area contributed by atoms with Gasteiger partial charge in [0.05, 0.1) is 25.6 Å². The van der Waals surface area contributed by atoms with Crippen molar-refractivity contribution in [3.8, 4) is 11.5 Å². The van der Waals surface area contributed by atoms with E-state index in [9.17, 15) is 14.4 Å². The Labute approximate surface area is 187 Å². The Hall–Kier alpha value is -3.75. The van der Waals surface area contributed by atoms with E-state index in [-0.39, 0.29) is 12.5 Å². The van der Waals surface area contributed by atoms with Gasteiger partial charge in [0.25, 0.3) is 5.91 Å². The van der Waals surface area contributed by atoms with Gasteiger partial charge in [-0.15, -0.1) is 0 Å². The van der Waals surface area contributed by atoms with Gasteiger partial charge in [0.15, 0.2) is 0 Å². The maximum absolute atomic E-state index is 12.5. The number of methoxy groups -OCH3 is 2. The smallest absolute Gasteiger partial charge is 0.410 e. The first kappa shape index (κ1) is 24.5. The minimum Gasteiger partial charge on any atom is -0.494 e. The van der Waals surface area contributed by atoms with Crippen LogP contribution in [0.1, 0.15) is 31.1 Å². The molecule has 9 nitrogen and oxygen atoms in total. The molecule has 0 unspecified atom stereocenters. The Morgan fingerprint density at radius 3 is 1.94 bits per heavy atom. The van der Waals surface area contributed by atoms with Crippen LogP contribution in [0.4, 0.5) is 16.2 Å². The number of amides is 3. The van der Waals surface area contributed by atoms with Gasteiger partial charge in [0.2, 0.25) is 5.91 Å². The van der Waals surface area contributed by atoms with Gasteiger partial charge in [-0.2, -0.15) is 0 Å². The number of hydrogen-bond donors (Lipinski definition) is 2. The summed E-state index contributed by atoms with van der Waals surface area (Å²) in [6.45, 7) is 5.00. The average molecular weight is 444 g/mol. The molecule has 0 atom stereocenters. The topological polar surface area (TPSA) is 106 Å². The lowest BCUT2D eigenvalue weighted by molar-refractivity contribution is -0.117. The first-order chi connectivity index (χ1) is 15.0. The van der Waals surface area contributed by atoms with E-state index in [0.29, 0.717) is 28.4 Å². The van der Waals surface area contributed by atoms with Crippen molar-refractivity contribution in [2.24, 2.45) is 0 Å². The van der Waals surface area contributed by atoms with Gasteiger partial charge in [0.1, 0.15) is 23.6 Å². The second-order valence-electron chi connectivity index (χ2n) is 7.96. The second kappa shape index (κ2) is 10.5. The molecular weight excluding hydrogens is 414 g/mol. The Balaban J connectivity index is 2.16. The van der Waals surface area contributed by atoms with Crippen LogP contribution in [-0.2, 0) is 9.53 Å². The van der Waals surface area contributed by atoms with Gasteiger partial charge >= 0.3 is 6.09 Å². The summed E-state index contributed by atoms with van der Waals surface area (Å²) in [5.74, 6) is -0.144. The molecule has 32 heavy (non-hydrogen) atoms. The SMILES string of the molecule is COc1cc(NC(=O)c2ccccc2)c(OC)cc1NC(=O)CN(C)C(=O)OC(C)(C)C. The van der Waals surface area contributed by atoms with Gasteiger partial charge in [-0.1, -0.05) is 18.2 Å². The summed E-state index contributed by atoms with van der Waals surface area (Å²) in [5.41, 5.74) is 0.515. The van der Waals surface area contributed by atoms with Crippen LogP contribution in [0.5, 0.6) is 11.5 Å². The Kier molecular flexibility index (Phi) is 8.06. The molecule has 0 saturated carbocycles. The predicted molar refractivity (Wildman–Crippen MR) is 121 cm³/mol. The molecule has 0 fully saturated rings. The number of nitrogens with one attached hydrogen (secondary N) is 2. The summed E-state index contributed by atoms with van der Waals surface area (Å²) in [4.78, 5) is 38.2. The van der Waals surface area contributed by atoms with Gasteiger partial charge in [-0.3, -0.25) is 9.59 Å². The molecular formula is C23H29N3O6. The van der Waals surface area contributed by atoms with E-state index in [0.717, 1.165) is 0 Å². The molecule has 0 spiro atoms. The molecule has 172 valence electrons. The maximum Gasteiger partial charge on any atom is 0.410 e. The van der Waals surface area contributed by atoms with Crippen molar-refractivity contribution in [2.45, 2.75) is 26.4 Å². The molecule has 2 N–H and O–H groups in total. The molecule has 2 rings (SSSR count). The lowest BCUT2D eigenvalue weighted by Gasteiger charge is -2.24. The highest BCUT2D eigenvalue weighted by atomic mass is 16.6. The quantitative estimate of drug-likeness (QED) is 0.675. The minimum absolute atomic E-state index is 0.229. The van der Waals surface area contributed by atoms with Crippen LogP contribution in [0.3, 0.4) is 0 Å². The zero-order valence-corrected chi connectivity index (χ0v) is 19.1. The van der Waals surface area contributed by atoms with Crippen LogP contribution in [0.2, 0.25) is 0 Å². The molecule has 2 aromatic carbocycles. The third-order valence-corrected chi connectivity index (χ3v) is 4.17. The van der Waals surface area contributed by atoms with Crippen LogP contribution in [0.25, 0.3) is 0 Å². The van der Waals surface area contributed by atoms with Gasteiger partial charge in [0, 0.05) is 24.7 Å². The number of anilines is 2. The average Bonchev–Trinajstić information content (AvgIpc) is 2.73. The zero-order chi connectivity index (χ0) is 23.9. The number of ether oxygens (including phenoxy) is 3. The van der Waals surface area contributed by atoms with Crippen LogP contribution in [-0.4, -0.2) is 56.2 Å². The minimum atomic E-state index is -0.668. The summed E-state index contributed by atoms with van der Waals surface area (Å²) in [6, 6.07) is 11.8. The highest BCUT2D eigenvalue weighted by Gasteiger charge is 2.22. The largest absolute Gasteiger partial charge is 0.494 e. The second-order valence-corrected chi connectivity index (χ2v) is 7.96. The van der Waals surface area contributed by atoms with Crippen molar-refractivity contribution in [2.75, 3.05) is 38.4 Å². The van der Waals surface area contributed by atoms with E-state index in [2.05, 4.69) is 10.6 Å². The number of carbonyl (C=O) groups is 3. The fourth-order valence-electron chi connectivity index (χ4n) is 2.69. The van der Waals surface area contributed by atoms with Crippen LogP contribution < -0.4 is 20.1 Å². The van der Waals surface area contributed by atoms with E-state index in [1.807, 2.05) is 6.07 Å². The maximum atomic E-state index is 12.5. The highest BCUT2D eigenvalue weighted by molar-refractivity contribution is 6.05. The van der Waals surface area contributed by atoms with E-state index in [4.69, 9.17) is 14.2 Å². The molecule has 0 aliphatic heterocycles. The van der Waals surface area contributed by atoms with Crippen molar-refractivity contribution in [3.63, 3.8) is 0 Å². The van der Waals surface area contributed by atoms with Crippen LogP contribution in [0.15, 0.2) is 42.5 Å². The molecule has 0 radical (unpaired) electrons. The zero-order valence-electron chi connectivity index (χ0n) is 19.1. The molecule has 2 aromatic rings. The molecule has 0 heterocycles. The van der Waals surface area contributed by atoms with Crippen molar-refractivity contribution in [3.05, 3.63) is 48.0 Å². The lowest BCUT2D eigenvalue weighted by atomic mass is 10.2. The molecule has 0 aliphatic rings. The summed E-state index contributed by atoms with van der Waals surface area (Å²) < 4.78 is 16.0. The van der Waals surface area contributed by atoms with E-state index >= 15 is 0 Å². The highest BCUT2D eigenvalue weighted by Crippen LogP contribution is 2.36. The monoisotopic (exact) mass is 443 g/mol. The summed E-state index contributed by atoms with van der Waals surface area (Å²) >= 11 is 0.